The quantitative estimate of drug-likeness (QED) is 0.0665. The lowest BCUT2D eigenvalue weighted by Crippen LogP contribution is -2.47. The van der Waals surface area contributed by atoms with E-state index in [1.54, 1.807) is 6.08 Å². The van der Waals surface area contributed by atoms with Crippen molar-refractivity contribution < 1.29 is 19.2 Å². The van der Waals surface area contributed by atoms with E-state index in [-0.39, 0.29) is 41.6 Å². The molecule has 228 valence electrons. The van der Waals surface area contributed by atoms with E-state index < -0.39 is 5.60 Å². The Balaban J connectivity index is 2.01. The van der Waals surface area contributed by atoms with Crippen LogP contribution in [0.5, 0.6) is 0 Å². The fourth-order valence-electron chi connectivity index (χ4n) is 5.88. The molecule has 0 bridgehead atoms. The van der Waals surface area contributed by atoms with E-state index in [4.69, 9.17) is 4.84 Å². The van der Waals surface area contributed by atoms with E-state index in [1.807, 2.05) is 26.8 Å². The molecule has 2 rings (SSSR count). The molecule has 0 radical (unpaired) electrons. The zero-order valence-corrected chi connectivity index (χ0v) is 26.2. The SMILES string of the molecule is C=CCCC(=O)C(=O)C(CCC=C)CCCCC(CCCC)CC(=O)C(NOC(C)(C)C)C1Cc2ccccc2C1. The molecule has 5 nitrogen and oxygen atoms in total. The van der Waals surface area contributed by atoms with Crippen LogP contribution >= 0.6 is 0 Å². The largest absolute Gasteiger partial charge is 0.298 e. The van der Waals surface area contributed by atoms with Crippen LogP contribution in [0.3, 0.4) is 0 Å². The third kappa shape index (κ3) is 12.6. The predicted octanol–water partition coefficient (Wildman–Crippen LogP) is 8.10. The zero-order valence-electron chi connectivity index (χ0n) is 26.2. The van der Waals surface area contributed by atoms with Gasteiger partial charge in [-0.25, -0.2) is 0 Å². The third-order valence-corrected chi connectivity index (χ3v) is 8.20. The number of carbonyl (C=O) groups excluding carboxylic acids is 3. The monoisotopic (exact) mass is 565 g/mol. The molecule has 0 fully saturated rings. The van der Waals surface area contributed by atoms with Crippen LogP contribution in [0.2, 0.25) is 0 Å². The van der Waals surface area contributed by atoms with Gasteiger partial charge in [0.25, 0.3) is 0 Å². The van der Waals surface area contributed by atoms with Gasteiger partial charge in [-0.15, -0.1) is 13.2 Å². The second-order valence-corrected chi connectivity index (χ2v) is 12.9. The van der Waals surface area contributed by atoms with E-state index in [0.29, 0.717) is 31.6 Å². The van der Waals surface area contributed by atoms with Gasteiger partial charge in [-0.2, -0.15) is 5.48 Å². The Bertz CT molecular complexity index is 967. The Morgan fingerprint density at radius 2 is 1.56 bits per heavy atom. The van der Waals surface area contributed by atoms with Crippen LogP contribution in [-0.4, -0.2) is 29.0 Å². The maximum absolute atomic E-state index is 13.8. The van der Waals surface area contributed by atoms with E-state index >= 15 is 0 Å². The van der Waals surface area contributed by atoms with Crippen molar-refractivity contribution in [3.8, 4) is 0 Å². The van der Waals surface area contributed by atoms with Crippen LogP contribution in [0.4, 0.5) is 0 Å². The number of carbonyl (C=O) groups is 3. The molecule has 1 aliphatic carbocycles. The summed E-state index contributed by atoms with van der Waals surface area (Å²) in [5, 5.41) is 0. The second-order valence-electron chi connectivity index (χ2n) is 12.9. The average Bonchev–Trinajstić information content (AvgIpc) is 3.36. The summed E-state index contributed by atoms with van der Waals surface area (Å²) < 4.78 is 0. The smallest absolute Gasteiger partial charge is 0.201 e. The van der Waals surface area contributed by atoms with Crippen molar-refractivity contribution in [3.63, 3.8) is 0 Å². The van der Waals surface area contributed by atoms with Gasteiger partial charge < -0.3 is 0 Å². The Labute approximate surface area is 249 Å². The molecule has 3 atom stereocenters. The van der Waals surface area contributed by atoms with Gasteiger partial charge in [0.1, 0.15) is 0 Å². The van der Waals surface area contributed by atoms with Crippen molar-refractivity contribution in [1.82, 2.24) is 5.48 Å². The maximum atomic E-state index is 13.8. The van der Waals surface area contributed by atoms with Crippen molar-refractivity contribution in [2.45, 2.75) is 129 Å². The molecule has 0 heterocycles. The summed E-state index contributed by atoms with van der Waals surface area (Å²) in [7, 11) is 0. The van der Waals surface area contributed by atoms with Crippen molar-refractivity contribution in [2.24, 2.45) is 17.8 Å². The highest BCUT2D eigenvalue weighted by Gasteiger charge is 2.35. The first-order valence-electron chi connectivity index (χ1n) is 15.9. The van der Waals surface area contributed by atoms with Crippen LogP contribution < -0.4 is 5.48 Å². The molecular weight excluding hydrogens is 510 g/mol. The average molecular weight is 566 g/mol. The summed E-state index contributed by atoms with van der Waals surface area (Å²) >= 11 is 0. The Morgan fingerprint density at radius 1 is 0.951 bits per heavy atom. The summed E-state index contributed by atoms with van der Waals surface area (Å²) in [6.07, 6.45) is 14.7. The summed E-state index contributed by atoms with van der Waals surface area (Å²) in [6, 6.07) is 8.15. The molecule has 1 aliphatic rings. The maximum Gasteiger partial charge on any atom is 0.201 e. The highest BCUT2D eigenvalue weighted by molar-refractivity contribution is 6.37. The number of ketones is 3. The molecule has 0 amide bonds. The molecule has 1 aromatic carbocycles. The molecule has 3 unspecified atom stereocenters. The number of unbranched alkanes of at least 4 members (excludes halogenated alkanes) is 2. The molecule has 0 spiro atoms. The summed E-state index contributed by atoms with van der Waals surface area (Å²) in [6.45, 7) is 15.6. The van der Waals surface area contributed by atoms with Gasteiger partial charge in [-0.1, -0.05) is 81.9 Å². The lowest BCUT2D eigenvalue weighted by Gasteiger charge is -2.29. The fraction of sp³-hybridized carbons (Fsp3) is 0.639. The number of benzene rings is 1. The van der Waals surface area contributed by atoms with Gasteiger partial charge in [-0.05, 0) is 82.3 Å². The summed E-state index contributed by atoms with van der Waals surface area (Å²) in [4.78, 5) is 45.0. The Kier molecular flexibility index (Phi) is 15.5. The number of rotatable bonds is 22. The highest BCUT2D eigenvalue weighted by atomic mass is 16.7. The fourth-order valence-corrected chi connectivity index (χ4v) is 5.88. The minimum atomic E-state index is -0.391. The lowest BCUT2D eigenvalue weighted by atomic mass is 9.84. The first kappa shape index (κ1) is 34.8. The highest BCUT2D eigenvalue weighted by Crippen LogP contribution is 2.31. The van der Waals surface area contributed by atoms with Crippen LogP contribution in [0.1, 0.15) is 116 Å². The topological polar surface area (TPSA) is 72.5 Å². The Hall–Kier alpha value is -2.37. The minimum absolute atomic E-state index is 0.185. The molecule has 0 saturated carbocycles. The number of hydrogen-bond acceptors (Lipinski definition) is 5. The second kappa shape index (κ2) is 18.2. The number of hydroxylamine groups is 1. The standard InChI is InChI=1S/C36H55NO4/c1-7-10-17-27(18-13-14-20-28(19-11-8-2)35(40)32(38)23-12-9-3)24-33(39)34(37-41-36(4,5)6)31-25-29-21-15-16-22-30(29)26-31/h8-9,15-16,21-22,27-28,31,34,37H,2-3,7,10-14,17-20,23-26H2,1,4-6H3. The van der Waals surface area contributed by atoms with Gasteiger partial charge >= 0.3 is 0 Å². The lowest BCUT2D eigenvalue weighted by molar-refractivity contribution is -0.139. The van der Waals surface area contributed by atoms with Gasteiger partial charge in [0, 0.05) is 18.8 Å². The number of hydrogen-bond donors (Lipinski definition) is 1. The summed E-state index contributed by atoms with van der Waals surface area (Å²) in [5.41, 5.74) is 5.48. The molecule has 0 aliphatic heterocycles. The first-order valence-corrected chi connectivity index (χ1v) is 15.9. The molecule has 0 saturated heterocycles. The number of nitrogens with one attached hydrogen (secondary N) is 1. The molecule has 41 heavy (non-hydrogen) atoms. The third-order valence-electron chi connectivity index (χ3n) is 8.20. The van der Waals surface area contributed by atoms with Crippen LogP contribution in [0.25, 0.3) is 0 Å². The minimum Gasteiger partial charge on any atom is -0.298 e. The van der Waals surface area contributed by atoms with Crippen LogP contribution in [0, 0.1) is 17.8 Å². The molecule has 1 aromatic rings. The van der Waals surface area contributed by atoms with Gasteiger partial charge in [-0.3, -0.25) is 19.2 Å². The van der Waals surface area contributed by atoms with Crippen molar-refractivity contribution in [3.05, 3.63) is 60.7 Å². The molecule has 0 aromatic heterocycles. The van der Waals surface area contributed by atoms with Gasteiger partial charge in [0.15, 0.2) is 11.6 Å². The predicted molar refractivity (Wildman–Crippen MR) is 169 cm³/mol. The zero-order chi connectivity index (χ0) is 30.3. The van der Waals surface area contributed by atoms with E-state index in [9.17, 15) is 14.4 Å². The van der Waals surface area contributed by atoms with Gasteiger partial charge in [0.05, 0.1) is 11.6 Å². The van der Waals surface area contributed by atoms with E-state index in [1.165, 1.54) is 11.1 Å². The van der Waals surface area contributed by atoms with E-state index in [0.717, 1.165) is 57.8 Å². The number of allylic oxidation sites excluding steroid dienone is 2. The Morgan fingerprint density at radius 3 is 2.15 bits per heavy atom. The van der Waals surface area contributed by atoms with Crippen molar-refractivity contribution in [1.29, 1.82) is 0 Å². The molecule has 1 N–H and O–H groups in total. The molecule has 5 heteroatoms. The molecular formula is C36H55NO4. The van der Waals surface area contributed by atoms with Crippen LogP contribution in [-0.2, 0) is 32.1 Å². The van der Waals surface area contributed by atoms with Gasteiger partial charge in [0.2, 0.25) is 5.78 Å². The normalized spacial score (nSPS) is 15.6. The summed E-state index contributed by atoms with van der Waals surface area (Å²) in [5.74, 6) is -0.0357. The van der Waals surface area contributed by atoms with E-state index in [2.05, 4.69) is 49.8 Å². The van der Waals surface area contributed by atoms with Crippen molar-refractivity contribution >= 4 is 17.3 Å². The van der Waals surface area contributed by atoms with Crippen molar-refractivity contribution in [2.75, 3.05) is 0 Å². The van der Waals surface area contributed by atoms with Crippen LogP contribution in [0.15, 0.2) is 49.6 Å². The first-order chi connectivity index (χ1) is 19.6. The number of fused-ring (bicyclic) bond motifs is 1. The number of Topliss-reactive ketones (excluding diaryl/α,β-unsaturated/α-hetero) is 3.